The third-order valence-corrected chi connectivity index (χ3v) is 7.44. The molecule has 0 radical (unpaired) electrons. The summed E-state index contributed by atoms with van der Waals surface area (Å²) in [6, 6.07) is 31.0. The maximum atomic E-state index is 5.82. The summed E-state index contributed by atoms with van der Waals surface area (Å²) in [5.41, 5.74) is 3.68. The molecule has 2 fully saturated rings. The summed E-state index contributed by atoms with van der Waals surface area (Å²) in [5.74, 6) is 3.19. The Labute approximate surface area is 287 Å². The molecule has 256 valence electrons. The van der Waals surface area contributed by atoms with Gasteiger partial charge in [-0.2, -0.15) is 0 Å². The molecule has 6 rings (SSSR count). The largest absolute Gasteiger partial charge is 0.491 e. The summed E-state index contributed by atoms with van der Waals surface area (Å²) < 4.78 is 44.8. The Balaban J connectivity index is 0.787. The van der Waals surface area contributed by atoms with Crippen molar-refractivity contribution in [1.29, 1.82) is 0 Å². The van der Waals surface area contributed by atoms with Crippen molar-refractivity contribution in [3.05, 3.63) is 108 Å². The lowest BCUT2D eigenvalue weighted by molar-refractivity contribution is -0.0208. The third-order valence-electron chi connectivity index (χ3n) is 7.44. The van der Waals surface area contributed by atoms with Crippen LogP contribution >= 0.6 is 0 Å². The van der Waals surface area contributed by atoms with Crippen molar-refractivity contribution in [2.45, 2.75) is 25.2 Å². The van der Waals surface area contributed by atoms with Crippen LogP contribution in [0, 0.1) is 0 Å². The van der Waals surface area contributed by atoms with E-state index in [0.29, 0.717) is 46.2 Å². The number of ether oxygens (including phenoxy) is 8. The van der Waals surface area contributed by atoms with E-state index in [9.17, 15) is 0 Å². The fraction of sp³-hybridized carbons (Fsp3) is 0.333. The number of nitrogens with zero attached hydrogens (tertiary/aromatic N) is 2. The van der Waals surface area contributed by atoms with Crippen LogP contribution in [-0.4, -0.2) is 90.2 Å². The molecule has 2 heterocycles. The van der Waals surface area contributed by atoms with Crippen molar-refractivity contribution in [2.24, 2.45) is 9.98 Å². The van der Waals surface area contributed by atoms with Crippen molar-refractivity contribution in [3.63, 3.8) is 0 Å². The van der Waals surface area contributed by atoms with Crippen LogP contribution in [0.25, 0.3) is 0 Å². The first-order valence-corrected chi connectivity index (χ1v) is 16.6. The fourth-order valence-corrected chi connectivity index (χ4v) is 4.49. The summed E-state index contributed by atoms with van der Waals surface area (Å²) in [6.07, 6.45) is 4.07. The lowest BCUT2D eigenvalue weighted by Gasteiger charge is -2.14. The number of epoxide rings is 2. The summed E-state index contributed by atoms with van der Waals surface area (Å²) in [5, 5.41) is 0. The molecule has 0 bridgehead atoms. The quantitative estimate of drug-likeness (QED) is 0.0555. The molecular weight excluding hydrogens is 624 g/mol. The van der Waals surface area contributed by atoms with Crippen molar-refractivity contribution in [1.82, 2.24) is 0 Å². The highest BCUT2D eigenvalue weighted by Crippen LogP contribution is 2.22. The minimum absolute atomic E-state index is 0.0605. The summed E-state index contributed by atoms with van der Waals surface area (Å²) in [6.45, 7) is 7.02. The predicted octanol–water partition coefficient (Wildman–Crippen LogP) is 6.62. The first kappa shape index (κ1) is 34.1. The van der Waals surface area contributed by atoms with E-state index in [4.69, 9.17) is 37.9 Å². The van der Waals surface area contributed by atoms with E-state index in [1.165, 1.54) is 0 Å². The van der Waals surface area contributed by atoms with Gasteiger partial charge in [-0.05, 0) is 115 Å². The van der Waals surface area contributed by atoms with E-state index < -0.39 is 0 Å². The first-order chi connectivity index (χ1) is 24.1. The van der Waals surface area contributed by atoms with Gasteiger partial charge in [-0.25, -0.2) is 0 Å². The molecule has 0 spiro atoms. The molecule has 0 saturated carbocycles. The fourth-order valence-electron chi connectivity index (χ4n) is 4.49. The van der Waals surface area contributed by atoms with Crippen LogP contribution < -0.4 is 18.9 Å². The Morgan fingerprint density at radius 3 is 1.43 bits per heavy atom. The SMILES string of the molecule is CC(COCCOc1ccc(C=Nc2ccc(OCC3CO3)cc2)cc1)OCCOc1ccc(C=Nc2ccc(OCC3CO3)cc2)cc1. The van der Waals surface area contributed by atoms with Crippen LogP contribution in [0.5, 0.6) is 23.0 Å². The Hall–Kier alpha value is -4.74. The van der Waals surface area contributed by atoms with E-state index in [1.54, 1.807) is 0 Å². The van der Waals surface area contributed by atoms with Gasteiger partial charge < -0.3 is 37.9 Å². The molecule has 0 aliphatic carbocycles. The lowest BCUT2D eigenvalue weighted by atomic mass is 10.2. The molecule has 2 saturated heterocycles. The van der Waals surface area contributed by atoms with E-state index in [0.717, 1.165) is 58.7 Å². The molecular formula is C39H42N2O8. The molecule has 49 heavy (non-hydrogen) atoms. The lowest BCUT2D eigenvalue weighted by Crippen LogP contribution is -2.21. The monoisotopic (exact) mass is 666 g/mol. The van der Waals surface area contributed by atoms with Gasteiger partial charge in [0.25, 0.3) is 0 Å². The molecule has 4 aromatic carbocycles. The van der Waals surface area contributed by atoms with Gasteiger partial charge in [-0.3, -0.25) is 9.98 Å². The van der Waals surface area contributed by atoms with Gasteiger partial charge in [0.05, 0.1) is 50.5 Å². The first-order valence-electron chi connectivity index (χ1n) is 16.6. The average molecular weight is 667 g/mol. The minimum atomic E-state index is -0.0605. The molecule has 0 N–H and O–H groups in total. The van der Waals surface area contributed by atoms with Crippen LogP contribution in [0.3, 0.4) is 0 Å². The number of hydrogen-bond acceptors (Lipinski definition) is 10. The van der Waals surface area contributed by atoms with Gasteiger partial charge in [-0.1, -0.05) is 0 Å². The molecule has 10 nitrogen and oxygen atoms in total. The second-order valence-corrected chi connectivity index (χ2v) is 11.6. The van der Waals surface area contributed by atoms with Gasteiger partial charge in [0.1, 0.15) is 61.6 Å². The highest BCUT2D eigenvalue weighted by atomic mass is 16.6. The second kappa shape index (κ2) is 18.1. The van der Waals surface area contributed by atoms with Gasteiger partial charge in [-0.15, -0.1) is 0 Å². The van der Waals surface area contributed by atoms with Crippen molar-refractivity contribution in [2.75, 3.05) is 59.5 Å². The van der Waals surface area contributed by atoms with Crippen molar-refractivity contribution < 1.29 is 37.9 Å². The molecule has 4 aromatic rings. The topological polar surface area (TPSA) is 105 Å². The Bertz CT molecular complexity index is 1600. The van der Waals surface area contributed by atoms with Crippen molar-refractivity contribution in [3.8, 4) is 23.0 Å². The molecule has 0 amide bonds. The van der Waals surface area contributed by atoms with E-state index >= 15 is 0 Å². The van der Waals surface area contributed by atoms with Gasteiger partial charge in [0.2, 0.25) is 0 Å². The third kappa shape index (κ3) is 12.7. The van der Waals surface area contributed by atoms with Gasteiger partial charge in [0.15, 0.2) is 0 Å². The number of benzene rings is 4. The molecule has 3 unspecified atom stereocenters. The zero-order valence-corrected chi connectivity index (χ0v) is 27.6. The number of rotatable bonds is 21. The highest BCUT2D eigenvalue weighted by Gasteiger charge is 2.23. The normalized spacial score (nSPS) is 17.2. The smallest absolute Gasteiger partial charge is 0.119 e. The van der Waals surface area contributed by atoms with Crippen LogP contribution in [0.4, 0.5) is 11.4 Å². The van der Waals surface area contributed by atoms with E-state index in [-0.39, 0.29) is 18.3 Å². The predicted molar refractivity (Wildman–Crippen MR) is 188 cm³/mol. The van der Waals surface area contributed by atoms with Crippen LogP contribution in [0.2, 0.25) is 0 Å². The highest BCUT2D eigenvalue weighted by molar-refractivity contribution is 5.82. The summed E-state index contributed by atoms with van der Waals surface area (Å²) in [7, 11) is 0. The van der Waals surface area contributed by atoms with Crippen LogP contribution in [0.15, 0.2) is 107 Å². The maximum Gasteiger partial charge on any atom is 0.119 e. The molecule has 0 aromatic heterocycles. The molecule has 2 aliphatic rings. The molecule has 2 aliphatic heterocycles. The average Bonchev–Trinajstić information content (AvgIpc) is 4.08. The standard InChI is InChI=1S/C39H42N2O8/c1-29(43-20-21-45-35-12-4-31(5-13-35)23-41-33-8-16-37(17-9-33)47-26-39-28-49-39)24-42-18-19-44-34-10-2-30(3-11-34)22-40-32-6-14-36(15-7-32)46-25-38-27-48-38/h2-17,22-23,29,38-39H,18-21,24-28H2,1H3. The maximum absolute atomic E-state index is 5.82. The Morgan fingerprint density at radius 1 is 0.571 bits per heavy atom. The Morgan fingerprint density at radius 2 is 0.980 bits per heavy atom. The zero-order chi connectivity index (χ0) is 33.5. The molecule has 3 atom stereocenters. The summed E-state index contributed by atoms with van der Waals surface area (Å²) in [4.78, 5) is 9.07. The van der Waals surface area contributed by atoms with Gasteiger partial charge in [0, 0.05) is 12.4 Å². The van der Waals surface area contributed by atoms with Gasteiger partial charge >= 0.3 is 0 Å². The zero-order valence-electron chi connectivity index (χ0n) is 27.6. The van der Waals surface area contributed by atoms with E-state index in [1.807, 2.05) is 116 Å². The number of hydrogen-bond donors (Lipinski definition) is 0. The van der Waals surface area contributed by atoms with Crippen molar-refractivity contribution >= 4 is 23.8 Å². The van der Waals surface area contributed by atoms with Crippen LogP contribution in [0.1, 0.15) is 18.1 Å². The summed E-state index contributed by atoms with van der Waals surface area (Å²) >= 11 is 0. The van der Waals surface area contributed by atoms with Crippen LogP contribution in [-0.2, 0) is 18.9 Å². The Kier molecular flexibility index (Phi) is 12.6. The minimum Gasteiger partial charge on any atom is -0.491 e. The molecule has 10 heteroatoms. The second-order valence-electron chi connectivity index (χ2n) is 11.6. The number of aliphatic imine (C=N–C) groups is 2. The van der Waals surface area contributed by atoms with E-state index in [2.05, 4.69) is 9.98 Å².